The van der Waals surface area contributed by atoms with Crippen molar-refractivity contribution in [2.75, 3.05) is 12.8 Å². The fourth-order valence-corrected chi connectivity index (χ4v) is 3.02. The molecule has 3 rings (SSSR count). The number of methoxy groups -OCH3 is 1. The second kappa shape index (κ2) is 5.57. The van der Waals surface area contributed by atoms with Crippen molar-refractivity contribution in [1.82, 2.24) is 5.16 Å². The van der Waals surface area contributed by atoms with Gasteiger partial charge in [-0.15, -0.1) is 0 Å². The van der Waals surface area contributed by atoms with Crippen molar-refractivity contribution in [3.63, 3.8) is 0 Å². The minimum Gasteiger partial charge on any atom is -0.496 e. The summed E-state index contributed by atoms with van der Waals surface area (Å²) in [5.41, 5.74) is 7.93. The average molecular weight is 272 g/mol. The van der Waals surface area contributed by atoms with Crippen LogP contribution in [0.4, 0.5) is 5.82 Å². The van der Waals surface area contributed by atoms with Gasteiger partial charge in [-0.05, 0) is 36.5 Å². The zero-order valence-electron chi connectivity index (χ0n) is 11.8. The van der Waals surface area contributed by atoms with Gasteiger partial charge in [0.05, 0.1) is 12.7 Å². The quantitative estimate of drug-likeness (QED) is 0.918. The Morgan fingerprint density at radius 3 is 2.65 bits per heavy atom. The Balaban J connectivity index is 1.98. The van der Waals surface area contributed by atoms with Crippen LogP contribution >= 0.6 is 0 Å². The van der Waals surface area contributed by atoms with Crippen LogP contribution in [0.2, 0.25) is 0 Å². The van der Waals surface area contributed by atoms with Crippen LogP contribution in [-0.4, -0.2) is 12.3 Å². The highest BCUT2D eigenvalue weighted by Crippen LogP contribution is 2.38. The predicted octanol–water partition coefficient (Wildman–Crippen LogP) is 3.98. The Bertz CT molecular complexity index is 586. The topological polar surface area (TPSA) is 61.3 Å². The summed E-state index contributed by atoms with van der Waals surface area (Å²) < 4.78 is 10.7. The van der Waals surface area contributed by atoms with Crippen molar-refractivity contribution in [3.05, 3.63) is 29.8 Å². The number of ether oxygens (including phenoxy) is 1. The number of hydrogen-bond donors (Lipinski definition) is 1. The lowest BCUT2D eigenvalue weighted by atomic mass is 9.83. The number of anilines is 1. The summed E-state index contributed by atoms with van der Waals surface area (Å²) in [5, 5.41) is 3.76. The summed E-state index contributed by atoms with van der Waals surface area (Å²) in [6.07, 6.45) is 6.54. The van der Waals surface area contributed by atoms with E-state index in [1.54, 1.807) is 13.2 Å². The second-order valence-electron chi connectivity index (χ2n) is 5.41. The van der Waals surface area contributed by atoms with Gasteiger partial charge in [-0.1, -0.05) is 30.5 Å². The highest BCUT2D eigenvalue weighted by molar-refractivity contribution is 5.68. The molecule has 1 saturated carbocycles. The lowest BCUT2D eigenvalue weighted by Crippen LogP contribution is -2.04. The van der Waals surface area contributed by atoms with Gasteiger partial charge < -0.3 is 15.0 Å². The van der Waals surface area contributed by atoms with Crippen molar-refractivity contribution < 1.29 is 9.26 Å². The Kier molecular flexibility index (Phi) is 3.63. The van der Waals surface area contributed by atoms with E-state index in [-0.39, 0.29) is 0 Å². The molecule has 0 aliphatic heterocycles. The molecule has 1 heterocycles. The third-order valence-electron chi connectivity index (χ3n) is 4.09. The van der Waals surface area contributed by atoms with E-state index in [9.17, 15) is 0 Å². The number of aromatic nitrogens is 1. The molecule has 0 radical (unpaired) electrons. The van der Waals surface area contributed by atoms with Crippen molar-refractivity contribution in [2.24, 2.45) is 0 Å². The molecular formula is C16H20N2O2. The molecule has 0 bridgehead atoms. The number of nitrogens with zero attached hydrogens (tertiary/aromatic N) is 1. The normalized spacial score (nSPS) is 16.2. The summed E-state index contributed by atoms with van der Waals surface area (Å²) in [7, 11) is 1.67. The third-order valence-corrected chi connectivity index (χ3v) is 4.09. The highest BCUT2D eigenvalue weighted by Gasteiger charge is 2.19. The molecule has 1 fully saturated rings. The number of benzene rings is 1. The van der Waals surface area contributed by atoms with Crippen LogP contribution in [0, 0.1) is 0 Å². The minimum atomic E-state index is 0.394. The zero-order chi connectivity index (χ0) is 13.9. The summed E-state index contributed by atoms with van der Waals surface area (Å²) >= 11 is 0. The molecule has 0 unspecified atom stereocenters. The lowest BCUT2D eigenvalue weighted by molar-refractivity contribution is 0.405. The smallest absolute Gasteiger partial charge is 0.172 e. The molecule has 20 heavy (non-hydrogen) atoms. The predicted molar refractivity (Wildman–Crippen MR) is 78.7 cm³/mol. The largest absolute Gasteiger partial charge is 0.496 e. The summed E-state index contributed by atoms with van der Waals surface area (Å²) in [5.74, 6) is 2.50. The van der Waals surface area contributed by atoms with Gasteiger partial charge in [0.15, 0.2) is 11.6 Å². The Hall–Kier alpha value is -1.97. The molecule has 4 heteroatoms. The maximum Gasteiger partial charge on any atom is 0.172 e. The number of nitrogen functional groups attached to an aromatic ring is 1. The molecule has 0 amide bonds. The Morgan fingerprint density at radius 1 is 1.20 bits per heavy atom. The molecule has 1 aliphatic rings. The van der Waals surface area contributed by atoms with Gasteiger partial charge in [-0.25, -0.2) is 0 Å². The van der Waals surface area contributed by atoms with Gasteiger partial charge in [-0.2, -0.15) is 0 Å². The number of hydrogen-bond acceptors (Lipinski definition) is 4. The van der Waals surface area contributed by atoms with Crippen molar-refractivity contribution in [3.8, 4) is 17.1 Å². The molecular weight excluding hydrogens is 252 g/mol. The fourth-order valence-electron chi connectivity index (χ4n) is 3.02. The van der Waals surface area contributed by atoms with Gasteiger partial charge in [-0.3, -0.25) is 0 Å². The van der Waals surface area contributed by atoms with Crippen LogP contribution in [0.3, 0.4) is 0 Å². The Labute approximate surface area is 118 Å². The van der Waals surface area contributed by atoms with E-state index in [0.717, 1.165) is 11.3 Å². The van der Waals surface area contributed by atoms with Crippen molar-refractivity contribution in [1.29, 1.82) is 0 Å². The van der Waals surface area contributed by atoms with Gasteiger partial charge >= 0.3 is 0 Å². The molecule has 1 aromatic heterocycles. The van der Waals surface area contributed by atoms with Gasteiger partial charge in [0.25, 0.3) is 0 Å². The molecule has 0 spiro atoms. The molecule has 2 N–H and O–H groups in total. The van der Waals surface area contributed by atoms with Gasteiger partial charge in [0, 0.05) is 6.07 Å². The van der Waals surface area contributed by atoms with Crippen molar-refractivity contribution in [2.45, 2.75) is 38.0 Å². The second-order valence-corrected chi connectivity index (χ2v) is 5.41. The lowest BCUT2D eigenvalue weighted by Gasteiger charge is -2.22. The molecule has 4 nitrogen and oxygen atoms in total. The van der Waals surface area contributed by atoms with Gasteiger partial charge in [0.2, 0.25) is 0 Å². The first kappa shape index (κ1) is 13.0. The molecule has 106 valence electrons. The van der Waals surface area contributed by atoms with Crippen LogP contribution in [0.15, 0.2) is 28.8 Å². The van der Waals surface area contributed by atoms with Crippen LogP contribution in [-0.2, 0) is 0 Å². The molecule has 1 aromatic carbocycles. The number of nitrogens with two attached hydrogens (primary N) is 1. The number of rotatable bonds is 3. The monoisotopic (exact) mass is 272 g/mol. The van der Waals surface area contributed by atoms with Crippen LogP contribution < -0.4 is 10.5 Å². The first-order valence-corrected chi connectivity index (χ1v) is 7.18. The summed E-state index contributed by atoms with van der Waals surface area (Å²) in [4.78, 5) is 0. The van der Waals surface area contributed by atoms with E-state index in [4.69, 9.17) is 15.0 Å². The molecule has 2 aromatic rings. The fraction of sp³-hybridized carbons (Fsp3) is 0.438. The van der Waals surface area contributed by atoms with Crippen molar-refractivity contribution >= 4 is 5.82 Å². The highest BCUT2D eigenvalue weighted by atomic mass is 16.5. The van der Waals surface area contributed by atoms with Crippen LogP contribution in [0.5, 0.6) is 5.75 Å². The van der Waals surface area contributed by atoms with Crippen LogP contribution in [0.1, 0.15) is 43.6 Å². The van der Waals surface area contributed by atoms with E-state index in [2.05, 4.69) is 17.3 Å². The van der Waals surface area contributed by atoms with E-state index >= 15 is 0 Å². The average Bonchev–Trinajstić information content (AvgIpc) is 2.94. The van der Waals surface area contributed by atoms with E-state index in [0.29, 0.717) is 17.5 Å². The van der Waals surface area contributed by atoms with E-state index < -0.39 is 0 Å². The maximum atomic E-state index is 5.64. The zero-order valence-corrected chi connectivity index (χ0v) is 11.8. The minimum absolute atomic E-state index is 0.394. The van der Waals surface area contributed by atoms with Gasteiger partial charge in [0.1, 0.15) is 5.75 Å². The first-order valence-electron chi connectivity index (χ1n) is 7.18. The van der Waals surface area contributed by atoms with Crippen LogP contribution in [0.25, 0.3) is 11.3 Å². The summed E-state index contributed by atoms with van der Waals surface area (Å²) in [6, 6.07) is 8.08. The maximum absolute atomic E-state index is 5.64. The SMILES string of the molecule is COc1ccc(C2CCCCC2)cc1-c1cc(N)no1. The molecule has 1 aliphatic carbocycles. The summed E-state index contributed by atoms with van der Waals surface area (Å²) in [6.45, 7) is 0. The van der Waals surface area contributed by atoms with E-state index in [1.807, 2.05) is 6.07 Å². The van der Waals surface area contributed by atoms with E-state index in [1.165, 1.54) is 37.7 Å². The Morgan fingerprint density at radius 2 is 2.00 bits per heavy atom. The molecule has 0 saturated heterocycles. The third kappa shape index (κ3) is 2.50. The first-order chi connectivity index (χ1) is 9.78. The standard InChI is InChI=1S/C16H20N2O2/c1-19-14-8-7-12(11-5-3-2-4-6-11)9-13(14)15-10-16(17)18-20-15/h7-11H,2-6H2,1H3,(H2,17,18). The molecule has 0 atom stereocenters.